The average Bonchev–Trinajstić information content (AvgIpc) is 3.20. The van der Waals surface area contributed by atoms with Crippen molar-refractivity contribution in [2.45, 2.75) is 13.0 Å². The van der Waals surface area contributed by atoms with Crippen LogP contribution in [0.15, 0.2) is 125 Å². The highest BCUT2D eigenvalue weighted by molar-refractivity contribution is 5.95. The van der Waals surface area contributed by atoms with Gasteiger partial charge in [-0.3, -0.25) is 19.4 Å². The van der Waals surface area contributed by atoms with Gasteiger partial charge in [0.15, 0.2) is 0 Å². The number of hydrogen-bond acceptors (Lipinski definition) is 8. The molecule has 1 aliphatic heterocycles. The van der Waals surface area contributed by atoms with Gasteiger partial charge >= 0.3 is 0 Å². The Morgan fingerprint density at radius 3 is 2.43 bits per heavy atom. The predicted molar refractivity (Wildman–Crippen MR) is 201 cm³/mol. The summed E-state index contributed by atoms with van der Waals surface area (Å²) in [7, 11) is 0. The van der Waals surface area contributed by atoms with Crippen molar-refractivity contribution in [3.63, 3.8) is 0 Å². The molecule has 264 valence electrons. The van der Waals surface area contributed by atoms with Crippen LogP contribution in [0.4, 0.5) is 10.1 Å². The predicted octanol–water partition coefficient (Wildman–Crippen LogP) is 5.47. The quantitative estimate of drug-likeness (QED) is 0.210. The number of nitrogens with zero attached hydrogens (tertiary/aromatic N) is 6. The van der Waals surface area contributed by atoms with Crippen LogP contribution in [-0.4, -0.2) is 68.6 Å². The first-order valence-corrected chi connectivity index (χ1v) is 17.4. The summed E-state index contributed by atoms with van der Waals surface area (Å²) in [6, 6.07) is 32.4. The Morgan fingerprint density at radius 1 is 0.811 bits per heavy atom. The van der Waals surface area contributed by atoms with E-state index in [9.17, 15) is 14.4 Å². The summed E-state index contributed by atoms with van der Waals surface area (Å²) in [5.74, 6) is -0.296. The Kier molecular flexibility index (Phi) is 9.16. The third kappa shape index (κ3) is 6.98. The lowest BCUT2D eigenvalue weighted by atomic mass is 10.0. The lowest BCUT2D eigenvalue weighted by Gasteiger charge is -2.36. The van der Waals surface area contributed by atoms with Crippen molar-refractivity contribution in [3.05, 3.63) is 159 Å². The molecule has 0 unspecified atom stereocenters. The number of anilines is 1. The van der Waals surface area contributed by atoms with Gasteiger partial charge in [0.2, 0.25) is 0 Å². The highest BCUT2D eigenvalue weighted by Gasteiger charge is 2.25. The van der Waals surface area contributed by atoms with Gasteiger partial charge in [-0.05, 0) is 54.1 Å². The molecule has 4 heterocycles. The van der Waals surface area contributed by atoms with E-state index in [0.29, 0.717) is 66.1 Å². The number of aromatic nitrogens is 5. The molecule has 4 aromatic carbocycles. The van der Waals surface area contributed by atoms with E-state index in [0.717, 1.165) is 22.2 Å². The van der Waals surface area contributed by atoms with Gasteiger partial charge in [-0.25, -0.2) is 14.2 Å². The molecule has 0 atom stereocenters. The minimum atomic E-state index is -0.580. The molecule has 1 fully saturated rings. The molecule has 0 aliphatic carbocycles. The van der Waals surface area contributed by atoms with Crippen LogP contribution in [0.5, 0.6) is 5.75 Å². The highest BCUT2D eigenvalue weighted by Crippen LogP contribution is 2.29. The number of aromatic amines is 1. The number of carbonyl (C=O) groups is 1. The lowest BCUT2D eigenvalue weighted by Crippen LogP contribution is -2.49. The van der Waals surface area contributed by atoms with E-state index < -0.39 is 5.82 Å². The minimum absolute atomic E-state index is 0.0108. The summed E-state index contributed by atoms with van der Waals surface area (Å²) in [4.78, 5) is 46.7. The fraction of sp³-hybridized carbons (Fsp3) is 0.171. The fourth-order valence-corrected chi connectivity index (χ4v) is 6.73. The molecule has 7 aromatic rings. The smallest absolute Gasteiger partial charge is 0.272 e. The van der Waals surface area contributed by atoms with Gasteiger partial charge in [-0.15, -0.1) is 0 Å². The maximum atomic E-state index is 15.0. The average molecular weight is 708 g/mol. The summed E-state index contributed by atoms with van der Waals surface area (Å²) in [6.45, 7) is 2.48. The molecular weight excluding hydrogens is 673 g/mol. The number of piperazine rings is 1. The van der Waals surface area contributed by atoms with Crippen molar-refractivity contribution in [3.8, 4) is 17.0 Å². The zero-order chi connectivity index (χ0) is 36.3. The zero-order valence-electron chi connectivity index (χ0n) is 28.6. The molecule has 3 aromatic heterocycles. The maximum Gasteiger partial charge on any atom is 0.272 e. The van der Waals surface area contributed by atoms with Gasteiger partial charge in [-0.1, -0.05) is 54.6 Å². The summed E-state index contributed by atoms with van der Waals surface area (Å²) < 4.78 is 22.6. The number of amides is 1. The molecule has 8 rings (SSSR count). The molecule has 0 saturated carbocycles. The number of rotatable bonds is 9. The molecular formula is C41H34FN7O4. The van der Waals surface area contributed by atoms with E-state index in [1.54, 1.807) is 47.5 Å². The van der Waals surface area contributed by atoms with Crippen molar-refractivity contribution >= 4 is 33.3 Å². The van der Waals surface area contributed by atoms with Crippen LogP contribution in [0, 0.1) is 5.82 Å². The second-order valence-corrected chi connectivity index (χ2v) is 12.8. The van der Waals surface area contributed by atoms with Gasteiger partial charge in [0.05, 0.1) is 34.4 Å². The Hall–Kier alpha value is -6.69. The molecule has 0 spiro atoms. The van der Waals surface area contributed by atoms with Gasteiger partial charge in [-0.2, -0.15) is 10.2 Å². The van der Waals surface area contributed by atoms with Crippen molar-refractivity contribution in [2.75, 3.05) is 37.7 Å². The van der Waals surface area contributed by atoms with E-state index in [1.165, 1.54) is 16.8 Å². The van der Waals surface area contributed by atoms with E-state index in [4.69, 9.17) is 4.74 Å². The molecule has 53 heavy (non-hydrogen) atoms. The van der Waals surface area contributed by atoms with Gasteiger partial charge in [0.1, 0.15) is 18.2 Å². The topological polar surface area (TPSA) is 126 Å². The third-order valence-electron chi connectivity index (χ3n) is 9.52. The Labute approximate surface area is 302 Å². The fourth-order valence-electron chi connectivity index (χ4n) is 6.73. The number of H-pyrrole nitrogens is 1. The van der Waals surface area contributed by atoms with E-state index in [1.807, 2.05) is 60.7 Å². The second-order valence-electron chi connectivity index (χ2n) is 12.8. The van der Waals surface area contributed by atoms with Crippen LogP contribution in [0.3, 0.4) is 0 Å². The summed E-state index contributed by atoms with van der Waals surface area (Å²) in [5, 5.41) is 13.4. The molecule has 1 aliphatic rings. The molecule has 0 radical (unpaired) electrons. The number of benzene rings is 4. The molecule has 1 N–H and O–H groups in total. The normalized spacial score (nSPS) is 13.1. The molecule has 1 amide bonds. The first kappa shape index (κ1) is 33.5. The first-order chi connectivity index (χ1) is 25.9. The van der Waals surface area contributed by atoms with Crippen molar-refractivity contribution in [1.82, 2.24) is 29.9 Å². The summed E-state index contributed by atoms with van der Waals surface area (Å²) in [5.41, 5.74) is 4.24. The van der Waals surface area contributed by atoms with Crippen LogP contribution in [-0.2, 0) is 13.0 Å². The molecule has 11 nitrogen and oxygen atoms in total. The van der Waals surface area contributed by atoms with E-state index >= 15 is 4.39 Å². The maximum absolute atomic E-state index is 15.0. The highest BCUT2D eigenvalue weighted by atomic mass is 19.1. The third-order valence-corrected chi connectivity index (χ3v) is 9.52. The van der Waals surface area contributed by atoms with E-state index in [2.05, 4.69) is 25.2 Å². The monoisotopic (exact) mass is 707 g/mol. The van der Waals surface area contributed by atoms with Crippen LogP contribution in [0.1, 0.15) is 21.6 Å². The summed E-state index contributed by atoms with van der Waals surface area (Å²) in [6.07, 6.45) is 2.02. The first-order valence-electron chi connectivity index (χ1n) is 17.4. The van der Waals surface area contributed by atoms with Crippen LogP contribution in [0.25, 0.3) is 32.9 Å². The number of halogens is 1. The second kappa shape index (κ2) is 14.5. The van der Waals surface area contributed by atoms with Gasteiger partial charge < -0.3 is 14.5 Å². The zero-order valence-corrected chi connectivity index (χ0v) is 28.6. The van der Waals surface area contributed by atoms with Crippen LogP contribution >= 0.6 is 0 Å². The lowest BCUT2D eigenvalue weighted by molar-refractivity contribution is 0.0742. The summed E-state index contributed by atoms with van der Waals surface area (Å²) >= 11 is 0. The Balaban J connectivity index is 0.909. The number of fused-ring (bicyclic) bond motifs is 2. The van der Waals surface area contributed by atoms with Gasteiger partial charge in [0, 0.05) is 66.9 Å². The minimum Gasteiger partial charge on any atom is -0.491 e. The number of pyridine rings is 1. The van der Waals surface area contributed by atoms with Crippen molar-refractivity contribution < 1.29 is 13.9 Å². The van der Waals surface area contributed by atoms with Crippen molar-refractivity contribution in [1.29, 1.82) is 0 Å². The SMILES string of the molecule is O=C(c1cc(Cc2n[nH]c(=O)c3ccccc23)ccc1F)N1CCN(c2ccc3c(OCCn4nc(-c5ccccc5)ccc4=O)ccnc3c2)CC1. The van der Waals surface area contributed by atoms with Crippen molar-refractivity contribution in [2.24, 2.45) is 0 Å². The Morgan fingerprint density at radius 2 is 1.60 bits per heavy atom. The van der Waals surface area contributed by atoms with E-state index in [-0.39, 0.29) is 35.7 Å². The number of nitrogens with one attached hydrogen (secondary N) is 1. The number of hydrogen-bond donors (Lipinski definition) is 1. The molecule has 12 heteroatoms. The van der Waals surface area contributed by atoms with Gasteiger partial charge in [0.25, 0.3) is 17.0 Å². The largest absolute Gasteiger partial charge is 0.491 e. The molecule has 1 saturated heterocycles. The standard InChI is InChI=1S/C41H34FN7O4/c42-34-13-10-27(25-37-30-8-4-5-9-31(30)40(51)45-44-37)24-33(34)41(52)48-20-18-47(19-21-48)29-11-12-32-36(26-29)43-17-16-38(32)53-23-22-49-39(50)15-14-35(46-49)28-6-2-1-3-7-28/h1-17,24,26H,18-23,25H2,(H,45,51). The molecule has 0 bridgehead atoms. The van der Waals surface area contributed by atoms with Crippen LogP contribution in [0.2, 0.25) is 0 Å². The number of ether oxygens (including phenoxy) is 1. The van der Waals surface area contributed by atoms with Crippen LogP contribution < -0.4 is 20.8 Å². The number of carbonyl (C=O) groups excluding carboxylic acids is 1. The Bertz CT molecular complexity index is 2580.